The molecule has 6 nitrogen and oxygen atoms in total. The van der Waals surface area contributed by atoms with E-state index in [0.29, 0.717) is 17.5 Å². The van der Waals surface area contributed by atoms with Crippen LogP contribution in [-0.2, 0) is 4.74 Å². The number of nitro groups is 1. The number of benzene rings is 1. The molecule has 6 heteroatoms. The number of rotatable bonds is 5. The number of hydrogen-bond donors (Lipinski definition) is 0. The SMILES string of the molecule is COCCOc1c([N+](=O)[O-])cnc2ccccc12. The Bertz CT molecular complexity index is 571. The summed E-state index contributed by atoms with van der Waals surface area (Å²) in [5, 5.41) is 11.6. The molecule has 2 rings (SSSR count). The molecule has 18 heavy (non-hydrogen) atoms. The zero-order valence-electron chi connectivity index (χ0n) is 9.83. The van der Waals surface area contributed by atoms with Crippen LogP contribution in [-0.4, -0.2) is 30.2 Å². The topological polar surface area (TPSA) is 74.5 Å². The molecule has 94 valence electrons. The van der Waals surface area contributed by atoms with Gasteiger partial charge in [-0.15, -0.1) is 0 Å². The van der Waals surface area contributed by atoms with Crippen molar-refractivity contribution in [2.45, 2.75) is 0 Å². The highest BCUT2D eigenvalue weighted by Gasteiger charge is 2.19. The van der Waals surface area contributed by atoms with Gasteiger partial charge in [0.1, 0.15) is 12.8 Å². The van der Waals surface area contributed by atoms with Crippen molar-refractivity contribution in [1.82, 2.24) is 4.98 Å². The van der Waals surface area contributed by atoms with Crippen LogP contribution in [0.5, 0.6) is 5.75 Å². The van der Waals surface area contributed by atoms with Crippen molar-refractivity contribution in [2.75, 3.05) is 20.3 Å². The third-order valence-electron chi connectivity index (χ3n) is 2.44. The Balaban J connectivity index is 2.48. The summed E-state index contributed by atoms with van der Waals surface area (Å²) in [5.74, 6) is 0.239. The lowest BCUT2D eigenvalue weighted by molar-refractivity contribution is -0.386. The average Bonchev–Trinajstić information content (AvgIpc) is 2.38. The van der Waals surface area contributed by atoms with Crippen LogP contribution >= 0.6 is 0 Å². The number of methoxy groups -OCH3 is 1. The van der Waals surface area contributed by atoms with Crippen molar-refractivity contribution in [3.63, 3.8) is 0 Å². The third kappa shape index (κ3) is 2.38. The molecule has 0 amide bonds. The van der Waals surface area contributed by atoms with Crippen molar-refractivity contribution in [2.24, 2.45) is 0 Å². The summed E-state index contributed by atoms with van der Waals surface area (Å²) in [7, 11) is 1.54. The van der Waals surface area contributed by atoms with Gasteiger partial charge < -0.3 is 9.47 Å². The van der Waals surface area contributed by atoms with Gasteiger partial charge >= 0.3 is 5.69 Å². The molecule has 0 fully saturated rings. The molecule has 0 N–H and O–H groups in total. The Morgan fingerprint density at radius 3 is 2.83 bits per heavy atom. The van der Waals surface area contributed by atoms with Gasteiger partial charge in [-0.05, 0) is 12.1 Å². The fourth-order valence-corrected chi connectivity index (χ4v) is 1.61. The van der Waals surface area contributed by atoms with Gasteiger partial charge in [0.2, 0.25) is 5.75 Å². The number of ether oxygens (including phenoxy) is 2. The second kappa shape index (κ2) is 5.42. The normalized spacial score (nSPS) is 10.5. The Labute approximate surface area is 103 Å². The third-order valence-corrected chi connectivity index (χ3v) is 2.44. The smallest absolute Gasteiger partial charge is 0.329 e. The average molecular weight is 248 g/mol. The lowest BCUT2D eigenvalue weighted by atomic mass is 10.2. The van der Waals surface area contributed by atoms with E-state index in [0.717, 1.165) is 0 Å². The van der Waals surface area contributed by atoms with Crippen LogP contribution in [0, 0.1) is 10.1 Å². The molecule has 1 heterocycles. The first-order valence-corrected chi connectivity index (χ1v) is 5.38. The minimum Gasteiger partial charge on any atom is -0.484 e. The van der Waals surface area contributed by atoms with Crippen LogP contribution in [0.25, 0.3) is 10.9 Å². The van der Waals surface area contributed by atoms with Crippen LogP contribution < -0.4 is 4.74 Å². The molecular formula is C12H12N2O4. The summed E-state index contributed by atoms with van der Waals surface area (Å²) >= 11 is 0. The van der Waals surface area contributed by atoms with Gasteiger partial charge in [0.15, 0.2) is 0 Å². The highest BCUT2D eigenvalue weighted by molar-refractivity contribution is 5.88. The molecule has 1 aromatic carbocycles. The molecule has 0 atom stereocenters. The lowest BCUT2D eigenvalue weighted by Crippen LogP contribution is -2.06. The lowest BCUT2D eigenvalue weighted by Gasteiger charge is -2.08. The minimum absolute atomic E-state index is 0.134. The fraction of sp³-hybridized carbons (Fsp3) is 0.250. The second-order valence-electron chi connectivity index (χ2n) is 3.59. The molecule has 0 radical (unpaired) electrons. The number of fused-ring (bicyclic) bond motifs is 1. The van der Waals surface area contributed by atoms with Crippen molar-refractivity contribution < 1.29 is 14.4 Å². The number of para-hydroxylation sites is 1. The van der Waals surface area contributed by atoms with E-state index in [-0.39, 0.29) is 18.0 Å². The molecule has 0 spiro atoms. The summed E-state index contributed by atoms with van der Waals surface area (Å²) < 4.78 is 10.3. The van der Waals surface area contributed by atoms with E-state index in [9.17, 15) is 10.1 Å². The standard InChI is InChI=1S/C12H12N2O4/c1-17-6-7-18-12-9-4-2-3-5-10(9)13-8-11(12)14(15)16/h2-5,8H,6-7H2,1H3. The van der Waals surface area contributed by atoms with E-state index in [1.165, 1.54) is 6.20 Å². The summed E-state index contributed by atoms with van der Waals surface area (Å²) in [5.41, 5.74) is 0.528. The maximum absolute atomic E-state index is 11.0. The Kier molecular flexibility index (Phi) is 3.69. The van der Waals surface area contributed by atoms with Crippen molar-refractivity contribution in [1.29, 1.82) is 0 Å². The number of pyridine rings is 1. The molecule has 2 aromatic rings. The highest BCUT2D eigenvalue weighted by Crippen LogP contribution is 2.33. The molecule has 0 aliphatic carbocycles. The summed E-state index contributed by atoms with van der Waals surface area (Å²) in [6.07, 6.45) is 1.21. The van der Waals surface area contributed by atoms with Crippen molar-refractivity contribution in [3.8, 4) is 5.75 Å². The molecular weight excluding hydrogens is 236 g/mol. The van der Waals surface area contributed by atoms with Gasteiger partial charge in [-0.2, -0.15) is 0 Å². The quantitative estimate of drug-likeness (QED) is 0.460. The number of aromatic nitrogens is 1. The van der Waals surface area contributed by atoms with Crippen LogP contribution in [0.2, 0.25) is 0 Å². The van der Waals surface area contributed by atoms with E-state index in [4.69, 9.17) is 9.47 Å². The van der Waals surface area contributed by atoms with Crippen LogP contribution in [0.4, 0.5) is 5.69 Å². The zero-order chi connectivity index (χ0) is 13.0. The van der Waals surface area contributed by atoms with Gasteiger partial charge in [0.25, 0.3) is 0 Å². The highest BCUT2D eigenvalue weighted by atomic mass is 16.6. The van der Waals surface area contributed by atoms with Crippen LogP contribution in [0.1, 0.15) is 0 Å². The van der Waals surface area contributed by atoms with Gasteiger partial charge in [-0.3, -0.25) is 10.1 Å². The molecule has 0 aliphatic heterocycles. The number of hydrogen-bond acceptors (Lipinski definition) is 5. The van der Waals surface area contributed by atoms with Gasteiger partial charge in [0, 0.05) is 12.5 Å². The Hall–Kier alpha value is -2.21. The van der Waals surface area contributed by atoms with Gasteiger partial charge in [-0.1, -0.05) is 12.1 Å². The predicted molar refractivity (Wildman–Crippen MR) is 65.8 cm³/mol. The van der Waals surface area contributed by atoms with Crippen molar-refractivity contribution in [3.05, 3.63) is 40.6 Å². The van der Waals surface area contributed by atoms with Crippen molar-refractivity contribution >= 4 is 16.6 Å². The second-order valence-corrected chi connectivity index (χ2v) is 3.59. The maximum Gasteiger partial charge on any atom is 0.329 e. The van der Waals surface area contributed by atoms with E-state index in [2.05, 4.69) is 4.98 Å². The largest absolute Gasteiger partial charge is 0.484 e. The first kappa shape index (κ1) is 12.3. The molecule has 0 bridgehead atoms. The first-order valence-electron chi connectivity index (χ1n) is 5.38. The molecule has 0 unspecified atom stereocenters. The first-order chi connectivity index (χ1) is 8.74. The monoisotopic (exact) mass is 248 g/mol. The van der Waals surface area contributed by atoms with E-state index in [1.54, 1.807) is 25.3 Å². The summed E-state index contributed by atoms with van der Waals surface area (Å²) in [4.78, 5) is 14.5. The maximum atomic E-state index is 11.0. The Morgan fingerprint density at radius 1 is 1.33 bits per heavy atom. The molecule has 0 saturated heterocycles. The molecule has 0 aliphatic rings. The van der Waals surface area contributed by atoms with E-state index >= 15 is 0 Å². The summed E-state index contributed by atoms with van der Waals surface area (Å²) in [6.45, 7) is 0.624. The Morgan fingerprint density at radius 2 is 2.11 bits per heavy atom. The summed E-state index contributed by atoms with van der Waals surface area (Å²) in [6, 6.07) is 7.14. The zero-order valence-corrected chi connectivity index (χ0v) is 9.83. The molecule has 1 aromatic heterocycles. The van der Waals surface area contributed by atoms with E-state index in [1.807, 2.05) is 6.07 Å². The van der Waals surface area contributed by atoms with Gasteiger partial charge in [0.05, 0.1) is 17.0 Å². The van der Waals surface area contributed by atoms with Gasteiger partial charge in [-0.25, -0.2) is 4.98 Å². The number of nitrogens with zero attached hydrogens (tertiary/aromatic N) is 2. The predicted octanol–water partition coefficient (Wildman–Crippen LogP) is 2.17. The minimum atomic E-state index is -0.498. The fourth-order valence-electron chi connectivity index (χ4n) is 1.61. The van der Waals surface area contributed by atoms with Crippen LogP contribution in [0.15, 0.2) is 30.5 Å². The van der Waals surface area contributed by atoms with E-state index < -0.39 is 4.92 Å². The molecule has 0 saturated carbocycles. The van der Waals surface area contributed by atoms with Crippen LogP contribution in [0.3, 0.4) is 0 Å².